The van der Waals surface area contributed by atoms with Crippen LogP contribution in [0.3, 0.4) is 0 Å². The third kappa shape index (κ3) is 3.46. The molecular weight excluding hydrogens is 322 g/mol. The molecule has 0 aliphatic carbocycles. The first-order valence-corrected chi connectivity index (χ1v) is 8.48. The fourth-order valence-corrected chi connectivity index (χ4v) is 3.16. The number of hydrogen-bond donors (Lipinski definition) is 2. The second-order valence-corrected chi connectivity index (χ2v) is 6.09. The predicted octanol–water partition coefficient (Wildman–Crippen LogP) is 2.65. The van der Waals surface area contributed by atoms with Crippen LogP contribution in [0.4, 0.5) is 5.00 Å². The van der Waals surface area contributed by atoms with Gasteiger partial charge < -0.3 is 10.6 Å². The van der Waals surface area contributed by atoms with E-state index in [1.54, 1.807) is 7.05 Å². The van der Waals surface area contributed by atoms with E-state index in [9.17, 15) is 4.79 Å². The Kier molecular flexibility index (Phi) is 4.90. The molecule has 0 unspecified atom stereocenters. The molecule has 7 heteroatoms. The lowest BCUT2D eigenvalue weighted by atomic mass is 10.2. The van der Waals surface area contributed by atoms with Gasteiger partial charge in [0, 0.05) is 26.2 Å². The summed E-state index contributed by atoms with van der Waals surface area (Å²) in [4.78, 5) is 12.3. The van der Waals surface area contributed by atoms with E-state index >= 15 is 0 Å². The minimum absolute atomic E-state index is 0.104. The quantitative estimate of drug-likeness (QED) is 0.723. The van der Waals surface area contributed by atoms with Crippen LogP contribution in [0.15, 0.2) is 42.6 Å². The summed E-state index contributed by atoms with van der Waals surface area (Å²) < 4.78 is 6.05. The van der Waals surface area contributed by atoms with E-state index in [0.717, 1.165) is 22.1 Å². The molecule has 0 aliphatic heterocycles. The molecule has 0 radical (unpaired) electrons. The van der Waals surface area contributed by atoms with Crippen LogP contribution in [-0.4, -0.2) is 33.7 Å². The molecule has 1 amide bonds. The van der Waals surface area contributed by atoms with Crippen LogP contribution >= 0.6 is 11.5 Å². The molecule has 0 fully saturated rings. The summed E-state index contributed by atoms with van der Waals surface area (Å²) in [6.07, 6.45) is 2.61. The zero-order valence-electron chi connectivity index (χ0n) is 13.6. The highest BCUT2D eigenvalue weighted by Gasteiger charge is 2.17. The predicted molar refractivity (Wildman–Crippen MR) is 96.0 cm³/mol. The van der Waals surface area contributed by atoms with E-state index in [-0.39, 0.29) is 5.91 Å². The Labute approximate surface area is 144 Å². The maximum atomic E-state index is 12.3. The van der Waals surface area contributed by atoms with Gasteiger partial charge in [0.1, 0.15) is 5.00 Å². The van der Waals surface area contributed by atoms with Crippen LogP contribution < -0.4 is 10.6 Å². The van der Waals surface area contributed by atoms with Crippen LogP contribution in [0.5, 0.6) is 0 Å². The van der Waals surface area contributed by atoms with Crippen molar-refractivity contribution < 1.29 is 4.79 Å². The van der Waals surface area contributed by atoms with Gasteiger partial charge in [0.25, 0.3) is 5.91 Å². The zero-order valence-corrected chi connectivity index (χ0v) is 14.4. The molecule has 0 atom stereocenters. The van der Waals surface area contributed by atoms with E-state index < -0.39 is 0 Å². The van der Waals surface area contributed by atoms with Crippen LogP contribution in [0, 0.1) is 6.92 Å². The molecule has 0 bridgehead atoms. The van der Waals surface area contributed by atoms with E-state index in [1.165, 1.54) is 11.5 Å². The molecular formula is C17H19N5OS. The first-order chi connectivity index (χ1) is 11.7. The van der Waals surface area contributed by atoms with Gasteiger partial charge in [0.2, 0.25) is 0 Å². The number of benzene rings is 1. The van der Waals surface area contributed by atoms with Gasteiger partial charge in [-0.15, -0.1) is 0 Å². The number of carbonyl (C=O) groups is 1. The van der Waals surface area contributed by atoms with Crippen molar-refractivity contribution >= 4 is 22.4 Å². The molecule has 124 valence electrons. The van der Waals surface area contributed by atoms with E-state index in [4.69, 9.17) is 0 Å². The lowest BCUT2D eigenvalue weighted by Gasteiger charge is -2.05. The summed E-state index contributed by atoms with van der Waals surface area (Å²) in [5.74, 6) is -0.104. The van der Waals surface area contributed by atoms with Gasteiger partial charge in [-0.05, 0) is 36.7 Å². The Hall–Kier alpha value is -2.67. The molecule has 0 aliphatic rings. The van der Waals surface area contributed by atoms with Gasteiger partial charge in [-0.25, -0.2) is 4.68 Å². The van der Waals surface area contributed by atoms with E-state index in [2.05, 4.69) is 20.1 Å². The van der Waals surface area contributed by atoms with E-state index in [1.807, 2.05) is 54.2 Å². The largest absolute Gasteiger partial charge is 0.378 e. The lowest BCUT2D eigenvalue weighted by molar-refractivity contribution is 0.0954. The van der Waals surface area contributed by atoms with Gasteiger partial charge >= 0.3 is 0 Å². The average Bonchev–Trinajstić information content (AvgIpc) is 3.22. The Morgan fingerprint density at radius 1 is 1.25 bits per heavy atom. The summed E-state index contributed by atoms with van der Waals surface area (Å²) in [7, 11) is 1.79. The van der Waals surface area contributed by atoms with E-state index in [0.29, 0.717) is 18.5 Å². The lowest BCUT2D eigenvalue weighted by Crippen LogP contribution is -2.26. The fourth-order valence-electron chi connectivity index (χ4n) is 2.42. The normalized spacial score (nSPS) is 10.6. The first kappa shape index (κ1) is 16.2. The monoisotopic (exact) mass is 341 g/mol. The highest BCUT2D eigenvalue weighted by molar-refractivity contribution is 7.10. The third-order valence-corrected chi connectivity index (χ3v) is 4.60. The number of para-hydroxylation sites is 1. The standard InChI is InChI=1S/C17H19N5OS/c1-12-15(17(18-2)24-21-12)16(23)19-10-8-13-9-11-22(20-13)14-6-4-3-5-7-14/h3-7,9,11,18H,8,10H2,1-2H3,(H,19,23). The molecule has 0 spiro atoms. The number of nitrogens with zero attached hydrogens (tertiary/aromatic N) is 3. The molecule has 2 N–H and O–H groups in total. The third-order valence-electron chi connectivity index (χ3n) is 3.65. The molecule has 24 heavy (non-hydrogen) atoms. The topological polar surface area (TPSA) is 71.8 Å². The molecule has 2 aromatic heterocycles. The number of aryl methyl sites for hydroxylation is 1. The Morgan fingerprint density at radius 3 is 2.79 bits per heavy atom. The zero-order chi connectivity index (χ0) is 16.9. The van der Waals surface area contributed by atoms with Crippen molar-refractivity contribution in [2.45, 2.75) is 13.3 Å². The van der Waals surface area contributed by atoms with Crippen LogP contribution in [-0.2, 0) is 6.42 Å². The van der Waals surface area contributed by atoms with Crippen molar-refractivity contribution in [2.24, 2.45) is 0 Å². The maximum Gasteiger partial charge on any atom is 0.256 e. The Balaban J connectivity index is 1.58. The smallest absolute Gasteiger partial charge is 0.256 e. The van der Waals surface area contributed by atoms with Crippen molar-refractivity contribution in [2.75, 3.05) is 18.9 Å². The van der Waals surface area contributed by atoms with Crippen molar-refractivity contribution in [3.63, 3.8) is 0 Å². The highest BCUT2D eigenvalue weighted by Crippen LogP contribution is 2.23. The summed E-state index contributed by atoms with van der Waals surface area (Å²) in [6, 6.07) is 11.9. The first-order valence-electron chi connectivity index (χ1n) is 7.71. The Morgan fingerprint density at radius 2 is 2.04 bits per heavy atom. The summed E-state index contributed by atoms with van der Waals surface area (Å²) in [6.45, 7) is 2.37. The second kappa shape index (κ2) is 7.27. The van der Waals surface area contributed by atoms with Gasteiger partial charge in [0.05, 0.1) is 22.6 Å². The molecule has 0 saturated heterocycles. The van der Waals surface area contributed by atoms with Crippen molar-refractivity contribution in [3.8, 4) is 5.69 Å². The second-order valence-electron chi connectivity index (χ2n) is 5.32. The molecule has 3 aromatic rings. The van der Waals surface area contributed by atoms with Gasteiger partial charge in [-0.1, -0.05) is 18.2 Å². The average molecular weight is 341 g/mol. The van der Waals surface area contributed by atoms with Gasteiger partial charge in [-0.2, -0.15) is 9.47 Å². The summed E-state index contributed by atoms with van der Waals surface area (Å²) >= 11 is 1.30. The number of carbonyl (C=O) groups excluding carboxylic acids is 1. The number of rotatable bonds is 6. The SMILES string of the molecule is CNc1snc(C)c1C(=O)NCCc1ccn(-c2ccccc2)n1. The highest BCUT2D eigenvalue weighted by atomic mass is 32.1. The Bertz CT molecular complexity index is 825. The minimum Gasteiger partial charge on any atom is -0.378 e. The van der Waals surface area contributed by atoms with Crippen molar-refractivity contribution in [1.82, 2.24) is 19.5 Å². The number of anilines is 1. The summed E-state index contributed by atoms with van der Waals surface area (Å²) in [5.41, 5.74) is 3.33. The molecule has 1 aromatic carbocycles. The van der Waals surface area contributed by atoms with Crippen LogP contribution in [0.25, 0.3) is 5.69 Å². The van der Waals surface area contributed by atoms with Crippen LogP contribution in [0.2, 0.25) is 0 Å². The van der Waals surface area contributed by atoms with Gasteiger partial charge in [0.15, 0.2) is 0 Å². The summed E-state index contributed by atoms with van der Waals surface area (Å²) in [5, 5.41) is 11.3. The van der Waals surface area contributed by atoms with Gasteiger partial charge in [-0.3, -0.25) is 4.79 Å². The van der Waals surface area contributed by atoms with Crippen molar-refractivity contribution in [3.05, 3.63) is 59.5 Å². The molecule has 0 saturated carbocycles. The maximum absolute atomic E-state index is 12.3. The number of nitrogens with one attached hydrogen (secondary N) is 2. The molecule has 6 nitrogen and oxygen atoms in total. The molecule has 3 rings (SSSR count). The minimum atomic E-state index is -0.104. The van der Waals surface area contributed by atoms with Crippen molar-refractivity contribution in [1.29, 1.82) is 0 Å². The van der Waals surface area contributed by atoms with Crippen LogP contribution in [0.1, 0.15) is 21.7 Å². The molecule has 2 heterocycles. The fraction of sp³-hybridized carbons (Fsp3) is 0.235. The number of hydrogen-bond acceptors (Lipinski definition) is 5. The number of amides is 1. The number of aromatic nitrogens is 3.